The molecule has 0 spiro atoms. The van der Waals surface area contributed by atoms with Crippen LogP contribution in [0.5, 0.6) is 0 Å². The molecule has 1 N–H and O–H groups in total. The number of rotatable bonds is 13. The first-order valence-electron chi connectivity index (χ1n) is 33.6. The summed E-state index contributed by atoms with van der Waals surface area (Å²) in [6, 6.07) is 116. The number of hydrogen-bond acceptors (Lipinski definition) is 9. The van der Waals surface area contributed by atoms with E-state index in [0.717, 1.165) is 145 Å². The third-order valence-corrected chi connectivity index (χ3v) is 18.9. The van der Waals surface area contributed by atoms with E-state index in [1.165, 1.54) is 16.7 Å². The number of aromatic nitrogens is 8. The van der Waals surface area contributed by atoms with Gasteiger partial charge in [-0.15, -0.1) is 0 Å². The molecule has 0 aliphatic carbocycles. The SMILES string of the molecule is c1ccc(-c2cc(-c3ccc(-c4cccc5c4nc(-c4ccccc4)c4cccc(-c6ccccn6)c45)cc3)nc(-c3cccc(-c4cccc(-c5nc(-c6ccccc6)nc(-c6ccc(-c7cccc8c7NC(c7ccccc7)c7cccc(-c9ccccn9)c7-8)cc6)n5)c4)c3)n2)cc1. The highest BCUT2D eigenvalue weighted by Gasteiger charge is 2.30. The second-order valence-corrected chi connectivity index (χ2v) is 25.0. The van der Waals surface area contributed by atoms with E-state index in [9.17, 15) is 0 Å². The van der Waals surface area contributed by atoms with Crippen LogP contribution in [0.1, 0.15) is 17.2 Å². The van der Waals surface area contributed by atoms with Crippen LogP contribution in [-0.2, 0) is 0 Å². The molecule has 1 unspecified atom stereocenters. The zero-order valence-corrected chi connectivity index (χ0v) is 54.1. The van der Waals surface area contributed by atoms with Gasteiger partial charge in [-0.1, -0.05) is 291 Å². The molecular formula is C91H59N9. The van der Waals surface area contributed by atoms with Gasteiger partial charge in [0.2, 0.25) is 0 Å². The summed E-state index contributed by atoms with van der Waals surface area (Å²) in [5.41, 5.74) is 26.0. The lowest BCUT2D eigenvalue weighted by Gasteiger charge is -2.33. The summed E-state index contributed by atoms with van der Waals surface area (Å²) in [6.45, 7) is 0. The standard InChI is InChI=1S/C91H59N9/c1-5-23-60(24-6-1)80-57-81(61-49-45-58(46-50-61)70-35-19-41-76-82-72(78-43-13-15-53-92-78)37-21-39-74(82)84(96-86(70)76)62-25-7-2-8-26-62)95-90(94-80)68-33-17-31-66(55-68)67-32-18-34-69(56-67)91-99-88(64-29-11-4-12-30-64)98-89(100-91)65-51-47-59(48-52-65)71-36-20-42-77-83-73(79-44-14-16-54-93-79)38-22-40-75(83)85(97-87(71)77)63-27-9-3-10-28-63/h1-57,85,97H. The van der Waals surface area contributed by atoms with E-state index in [1.807, 2.05) is 85.2 Å². The monoisotopic (exact) mass is 1280 g/mol. The first-order chi connectivity index (χ1) is 49.6. The largest absolute Gasteiger partial charge is 0.373 e. The summed E-state index contributed by atoms with van der Waals surface area (Å²) in [5, 5.41) is 7.28. The van der Waals surface area contributed by atoms with Crippen LogP contribution in [0.15, 0.2) is 346 Å². The Bertz CT molecular complexity index is 5900. The summed E-state index contributed by atoms with van der Waals surface area (Å²) in [7, 11) is 0. The number of fused-ring (bicyclic) bond motifs is 6. The Kier molecular flexibility index (Phi) is 15.1. The quantitative estimate of drug-likeness (QED) is 0.113. The zero-order valence-electron chi connectivity index (χ0n) is 54.1. The zero-order chi connectivity index (χ0) is 66.3. The molecule has 9 nitrogen and oxygen atoms in total. The van der Waals surface area contributed by atoms with Crippen LogP contribution in [0.3, 0.4) is 0 Å². The summed E-state index contributed by atoms with van der Waals surface area (Å²) in [4.78, 5) is 41.4. The lowest BCUT2D eigenvalue weighted by Crippen LogP contribution is -2.19. The molecule has 0 fully saturated rings. The van der Waals surface area contributed by atoms with Crippen LogP contribution < -0.4 is 5.32 Å². The molecule has 5 aromatic heterocycles. The number of para-hydroxylation sites is 2. The van der Waals surface area contributed by atoms with E-state index in [2.05, 4.69) is 266 Å². The number of pyridine rings is 3. The van der Waals surface area contributed by atoms with Gasteiger partial charge in [0.05, 0.1) is 45.7 Å². The topological polar surface area (TPSA) is 115 Å². The molecule has 6 heterocycles. The number of nitrogens with zero attached hydrogens (tertiary/aromatic N) is 8. The molecule has 0 radical (unpaired) electrons. The molecule has 1 aliphatic rings. The first-order valence-corrected chi connectivity index (χ1v) is 33.6. The highest BCUT2D eigenvalue weighted by molar-refractivity contribution is 6.19. The average molecular weight is 1280 g/mol. The van der Waals surface area contributed by atoms with Crippen molar-refractivity contribution in [2.75, 3.05) is 5.32 Å². The number of nitrogens with one attached hydrogen (secondary N) is 1. The number of anilines is 1. The summed E-state index contributed by atoms with van der Waals surface area (Å²) in [6.07, 6.45) is 3.72. The molecule has 0 saturated carbocycles. The normalized spacial score (nSPS) is 12.4. The minimum Gasteiger partial charge on any atom is -0.373 e. The third kappa shape index (κ3) is 11.1. The predicted molar refractivity (Wildman–Crippen MR) is 406 cm³/mol. The minimum atomic E-state index is -0.0837. The molecule has 1 atom stereocenters. The van der Waals surface area contributed by atoms with Crippen molar-refractivity contribution in [3.8, 4) is 146 Å². The van der Waals surface area contributed by atoms with Gasteiger partial charge in [0.15, 0.2) is 23.3 Å². The van der Waals surface area contributed by atoms with Gasteiger partial charge in [-0.25, -0.2) is 29.9 Å². The number of benzene rings is 12. The lowest BCUT2D eigenvalue weighted by molar-refractivity contribution is 0.930. The smallest absolute Gasteiger partial charge is 0.164 e. The second kappa shape index (κ2) is 25.6. The van der Waals surface area contributed by atoms with Crippen LogP contribution in [0.4, 0.5) is 5.69 Å². The van der Waals surface area contributed by atoms with Crippen molar-refractivity contribution in [2.24, 2.45) is 0 Å². The Labute approximate surface area is 578 Å². The molecule has 1 aliphatic heterocycles. The van der Waals surface area contributed by atoms with E-state index in [-0.39, 0.29) is 6.04 Å². The molecule has 468 valence electrons. The number of hydrogen-bond donors (Lipinski definition) is 1. The Morgan fingerprint density at radius 2 is 0.680 bits per heavy atom. The highest BCUT2D eigenvalue weighted by atomic mass is 15.0. The van der Waals surface area contributed by atoms with Gasteiger partial charge in [-0.2, -0.15) is 0 Å². The van der Waals surface area contributed by atoms with Gasteiger partial charge < -0.3 is 5.32 Å². The third-order valence-electron chi connectivity index (χ3n) is 18.9. The van der Waals surface area contributed by atoms with Crippen molar-refractivity contribution >= 4 is 27.4 Å². The summed E-state index contributed by atoms with van der Waals surface area (Å²) < 4.78 is 0. The summed E-state index contributed by atoms with van der Waals surface area (Å²) >= 11 is 0. The van der Waals surface area contributed by atoms with Crippen molar-refractivity contribution in [2.45, 2.75) is 6.04 Å². The summed E-state index contributed by atoms with van der Waals surface area (Å²) in [5.74, 6) is 2.33. The van der Waals surface area contributed by atoms with Gasteiger partial charge in [0.25, 0.3) is 0 Å². The molecule has 18 rings (SSSR count). The van der Waals surface area contributed by atoms with Crippen LogP contribution in [0, 0.1) is 0 Å². The van der Waals surface area contributed by atoms with Gasteiger partial charge >= 0.3 is 0 Å². The Morgan fingerprint density at radius 1 is 0.250 bits per heavy atom. The maximum atomic E-state index is 5.52. The van der Waals surface area contributed by atoms with Crippen LogP contribution in [0.2, 0.25) is 0 Å². The van der Waals surface area contributed by atoms with Crippen LogP contribution in [0.25, 0.3) is 168 Å². The van der Waals surface area contributed by atoms with Gasteiger partial charge in [-0.3, -0.25) is 9.97 Å². The molecular weight excluding hydrogens is 1220 g/mol. The van der Waals surface area contributed by atoms with Crippen molar-refractivity contribution in [3.63, 3.8) is 0 Å². The van der Waals surface area contributed by atoms with Crippen molar-refractivity contribution in [3.05, 3.63) is 357 Å². The molecule has 9 heteroatoms. The molecule has 0 amide bonds. The molecule has 0 bridgehead atoms. The Hall–Kier alpha value is -13.5. The van der Waals surface area contributed by atoms with Crippen LogP contribution in [-0.4, -0.2) is 39.9 Å². The van der Waals surface area contributed by atoms with E-state index < -0.39 is 0 Å². The highest BCUT2D eigenvalue weighted by Crippen LogP contribution is 2.51. The fraction of sp³-hybridized carbons (Fsp3) is 0.0110. The predicted octanol–water partition coefficient (Wildman–Crippen LogP) is 22.3. The lowest BCUT2D eigenvalue weighted by atomic mass is 9.81. The van der Waals surface area contributed by atoms with Gasteiger partial charge in [0, 0.05) is 95.3 Å². The molecule has 0 saturated heterocycles. The Morgan fingerprint density at radius 3 is 1.31 bits per heavy atom. The van der Waals surface area contributed by atoms with Gasteiger partial charge in [0.1, 0.15) is 0 Å². The van der Waals surface area contributed by atoms with Crippen molar-refractivity contribution < 1.29 is 0 Å². The van der Waals surface area contributed by atoms with E-state index in [1.54, 1.807) is 0 Å². The van der Waals surface area contributed by atoms with E-state index in [0.29, 0.717) is 23.3 Å². The second-order valence-electron chi connectivity index (χ2n) is 25.0. The molecule has 17 aromatic rings. The van der Waals surface area contributed by atoms with E-state index >= 15 is 0 Å². The maximum Gasteiger partial charge on any atom is 0.164 e. The molecule has 12 aromatic carbocycles. The van der Waals surface area contributed by atoms with E-state index in [4.69, 9.17) is 39.9 Å². The fourth-order valence-electron chi connectivity index (χ4n) is 14.1. The molecule has 100 heavy (non-hydrogen) atoms. The van der Waals surface area contributed by atoms with Crippen LogP contribution >= 0.6 is 0 Å². The fourth-order valence-corrected chi connectivity index (χ4v) is 14.1. The maximum absolute atomic E-state index is 5.52. The Balaban J connectivity index is 0.681. The average Bonchev–Trinajstić information content (AvgIpc) is 0.734. The van der Waals surface area contributed by atoms with Crippen molar-refractivity contribution in [1.29, 1.82) is 0 Å². The first kappa shape index (κ1) is 59.0. The minimum absolute atomic E-state index is 0.0837. The van der Waals surface area contributed by atoms with Gasteiger partial charge in [-0.05, 0) is 81.4 Å². The van der Waals surface area contributed by atoms with Crippen molar-refractivity contribution in [1.82, 2.24) is 39.9 Å².